The minimum absolute atomic E-state index is 0.495. The Balaban J connectivity index is 0.000000741. The third kappa shape index (κ3) is 7.91. The van der Waals surface area contributed by atoms with E-state index < -0.39 is 0 Å². The lowest BCUT2D eigenvalue weighted by molar-refractivity contribution is 0.103. The van der Waals surface area contributed by atoms with E-state index in [0.717, 1.165) is 19.2 Å². The van der Waals surface area contributed by atoms with Crippen LogP contribution in [0.3, 0.4) is 0 Å². The number of nitrogens with zero attached hydrogens (tertiary/aromatic N) is 1. The number of rotatable bonds is 4. The number of nitrogens with one attached hydrogen (secondary N) is 1. The summed E-state index contributed by atoms with van der Waals surface area (Å²) in [7, 11) is 0. The Hall–Kier alpha value is -0.120. The van der Waals surface area contributed by atoms with Crippen molar-refractivity contribution in [3.8, 4) is 0 Å². The second-order valence-electron chi connectivity index (χ2n) is 4.75. The Morgan fingerprint density at radius 1 is 1.05 bits per heavy atom. The van der Waals surface area contributed by atoms with Gasteiger partial charge in [0.15, 0.2) is 0 Å². The molecule has 1 N–H and O–H groups in total. The van der Waals surface area contributed by atoms with Crippen molar-refractivity contribution in [3.63, 3.8) is 0 Å². The van der Waals surface area contributed by atoms with Gasteiger partial charge in [0.25, 0.3) is 0 Å². The molecule has 0 aromatic heterocycles. The van der Waals surface area contributed by atoms with Gasteiger partial charge in [-0.05, 0) is 45.3 Å². The van der Waals surface area contributed by atoms with Gasteiger partial charge in [-0.1, -0.05) is 34.6 Å². The highest BCUT2D eigenvalue weighted by Crippen LogP contribution is 2.13. The predicted molar refractivity (Wildman–Crippen MR) is 84.8 cm³/mol. The van der Waals surface area contributed by atoms with E-state index in [1.807, 2.05) is 27.7 Å². The summed E-state index contributed by atoms with van der Waals surface area (Å²) in [5, 5.41) is 3.66. The van der Waals surface area contributed by atoms with E-state index in [9.17, 15) is 0 Å². The Kier molecular flexibility index (Phi) is 12.8. The van der Waals surface area contributed by atoms with Gasteiger partial charge >= 0.3 is 0 Å². The molecule has 0 aromatic carbocycles. The highest BCUT2D eigenvalue weighted by molar-refractivity contribution is 4.78. The van der Waals surface area contributed by atoms with Crippen molar-refractivity contribution in [1.82, 2.24) is 10.2 Å². The van der Waals surface area contributed by atoms with Crippen LogP contribution in [0.15, 0.2) is 0 Å². The zero-order valence-electron chi connectivity index (χ0n) is 13.9. The van der Waals surface area contributed by atoms with Gasteiger partial charge in [-0.15, -0.1) is 0 Å². The van der Waals surface area contributed by atoms with Crippen molar-refractivity contribution >= 4 is 0 Å². The maximum Gasteiger partial charge on any atom is 0.0700 e. The molecule has 0 radical (unpaired) electrons. The third-order valence-corrected chi connectivity index (χ3v) is 3.69. The molecule has 2 fully saturated rings. The average Bonchev–Trinajstić information content (AvgIpc) is 3.03. The van der Waals surface area contributed by atoms with Crippen molar-refractivity contribution in [2.24, 2.45) is 0 Å². The molecule has 0 aromatic rings. The molecule has 19 heavy (non-hydrogen) atoms. The van der Waals surface area contributed by atoms with Crippen molar-refractivity contribution < 1.29 is 4.74 Å². The van der Waals surface area contributed by atoms with Crippen LogP contribution >= 0.6 is 0 Å². The average molecular weight is 272 g/mol. The number of likely N-dealkylation sites (tertiary alicyclic amines) is 1. The van der Waals surface area contributed by atoms with Gasteiger partial charge in [0.05, 0.1) is 6.10 Å². The van der Waals surface area contributed by atoms with Crippen molar-refractivity contribution in [1.29, 1.82) is 0 Å². The Morgan fingerprint density at radius 2 is 1.68 bits per heavy atom. The summed E-state index contributed by atoms with van der Waals surface area (Å²) in [6.45, 7) is 16.0. The lowest BCUT2D eigenvalue weighted by Gasteiger charge is -2.32. The normalized spacial score (nSPS) is 24.2. The van der Waals surface area contributed by atoms with Gasteiger partial charge in [-0.2, -0.15) is 0 Å². The van der Waals surface area contributed by atoms with E-state index in [0.29, 0.717) is 6.10 Å². The Labute approximate surface area is 121 Å². The van der Waals surface area contributed by atoms with Crippen LogP contribution < -0.4 is 5.32 Å². The number of ether oxygens (including phenoxy) is 1. The Morgan fingerprint density at radius 3 is 2.16 bits per heavy atom. The quantitative estimate of drug-likeness (QED) is 0.850. The molecule has 2 aliphatic heterocycles. The van der Waals surface area contributed by atoms with Crippen LogP contribution in [0.5, 0.6) is 0 Å². The summed E-state index contributed by atoms with van der Waals surface area (Å²) in [6.07, 6.45) is 5.61. The summed E-state index contributed by atoms with van der Waals surface area (Å²) in [4.78, 5) is 2.53. The fraction of sp³-hybridized carbons (Fsp3) is 1.00. The van der Waals surface area contributed by atoms with Crippen LogP contribution in [0.25, 0.3) is 0 Å². The second-order valence-corrected chi connectivity index (χ2v) is 4.75. The molecule has 0 spiro atoms. The van der Waals surface area contributed by atoms with E-state index >= 15 is 0 Å². The molecule has 0 saturated carbocycles. The molecule has 116 valence electrons. The SMILES string of the molecule is CC.CC.CCN1CCC(NCC2CCCO2)CC1. The highest BCUT2D eigenvalue weighted by Gasteiger charge is 2.20. The van der Waals surface area contributed by atoms with Crippen LogP contribution in [0.4, 0.5) is 0 Å². The summed E-state index contributed by atoms with van der Waals surface area (Å²) in [5.41, 5.74) is 0. The van der Waals surface area contributed by atoms with Crippen LogP contribution in [-0.4, -0.2) is 49.8 Å². The van der Waals surface area contributed by atoms with E-state index in [-0.39, 0.29) is 0 Å². The zero-order chi connectivity index (χ0) is 14.5. The highest BCUT2D eigenvalue weighted by atomic mass is 16.5. The molecular weight excluding hydrogens is 236 g/mol. The van der Waals surface area contributed by atoms with E-state index in [2.05, 4.69) is 17.1 Å². The number of hydrogen-bond donors (Lipinski definition) is 1. The first kappa shape index (κ1) is 18.9. The summed E-state index contributed by atoms with van der Waals surface area (Å²) in [6, 6.07) is 0.733. The van der Waals surface area contributed by atoms with E-state index in [1.54, 1.807) is 0 Å². The summed E-state index contributed by atoms with van der Waals surface area (Å²) in [5.74, 6) is 0. The Bertz CT molecular complexity index is 174. The largest absolute Gasteiger partial charge is 0.377 e. The van der Waals surface area contributed by atoms with Gasteiger partial charge in [0.2, 0.25) is 0 Å². The third-order valence-electron chi connectivity index (χ3n) is 3.69. The van der Waals surface area contributed by atoms with Crippen LogP contribution in [-0.2, 0) is 4.74 Å². The molecule has 2 heterocycles. The lowest BCUT2D eigenvalue weighted by atomic mass is 10.0. The van der Waals surface area contributed by atoms with Gasteiger partial charge in [-0.3, -0.25) is 0 Å². The summed E-state index contributed by atoms with van der Waals surface area (Å²) >= 11 is 0. The zero-order valence-corrected chi connectivity index (χ0v) is 13.9. The van der Waals surface area contributed by atoms with Crippen LogP contribution in [0.2, 0.25) is 0 Å². The minimum atomic E-state index is 0.495. The molecule has 1 unspecified atom stereocenters. The van der Waals surface area contributed by atoms with E-state index in [4.69, 9.17) is 4.74 Å². The first-order chi connectivity index (χ1) is 9.38. The lowest BCUT2D eigenvalue weighted by Crippen LogP contribution is -2.44. The van der Waals surface area contributed by atoms with Crippen LogP contribution in [0.1, 0.15) is 60.3 Å². The molecule has 0 aliphatic carbocycles. The maximum absolute atomic E-state index is 5.61. The minimum Gasteiger partial charge on any atom is -0.377 e. The molecule has 3 nitrogen and oxygen atoms in total. The van der Waals surface area contributed by atoms with Gasteiger partial charge in [0.1, 0.15) is 0 Å². The standard InChI is InChI=1S/C12H24N2O.2C2H6/c1-2-14-7-5-11(6-8-14)13-10-12-4-3-9-15-12;2*1-2/h11-13H,2-10H2,1H3;2*1-2H3. The predicted octanol–water partition coefficient (Wildman–Crippen LogP) is 3.29. The topological polar surface area (TPSA) is 24.5 Å². The van der Waals surface area contributed by atoms with Gasteiger partial charge in [-0.25, -0.2) is 0 Å². The fourth-order valence-electron chi connectivity index (χ4n) is 2.56. The fourth-order valence-corrected chi connectivity index (χ4v) is 2.56. The molecule has 1 atom stereocenters. The molecule has 2 aliphatic rings. The number of hydrogen-bond acceptors (Lipinski definition) is 3. The van der Waals surface area contributed by atoms with Crippen molar-refractivity contribution in [2.75, 3.05) is 32.8 Å². The van der Waals surface area contributed by atoms with Gasteiger partial charge in [0, 0.05) is 19.2 Å². The summed E-state index contributed by atoms with van der Waals surface area (Å²) < 4.78 is 5.61. The first-order valence-electron chi connectivity index (χ1n) is 8.46. The maximum atomic E-state index is 5.61. The van der Waals surface area contributed by atoms with Crippen molar-refractivity contribution in [3.05, 3.63) is 0 Å². The second kappa shape index (κ2) is 12.9. The van der Waals surface area contributed by atoms with E-state index in [1.165, 1.54) is 45.3 Å². The number of piperidine rings is 1. The molecule has 3 heteroatoms. The first-order valence-corrected chi connectivity index (χ1v) is 8.46. The smallest absolute Gasteiger partial charge is 0.0700 e. The molecule has 2 saturated heterocycles. The van der Waals surface area contributed by atoms with Crippen LogP contribution in [0, 0.1) is 0 Å². The van der Waals surface area contributed by atoms with Crippen molar-refractivity contribution in [2.45, 2.75) is 72.4 Å². The molecular formula is C16H36N2O. The molecule has 0 bridgehead atoms. The monoisotopic (exact) mass is 272 g/mol. The van der Waals surface area contributed by atoms with Gasteiger partial charge < -0.3 is 15.0 Å². The molecule has 0 amide bonds. The molecule has 2 rings (SSSR count).